The smallest absolute Gasteiger partial charge is 0.122 e. The number of rotatable bonds is 5. The summed E-state index contributed by atoms with van der Waals surface area (Å²) >= 11 is 0. The summed E-state index contributed by atoms with van der Waals surface area (Å²) in [5.41, 5.74) is 0.375. The van der Waals surface area contributed by atoms with E-state index in [1.807, 2.05) is 6.92 Å². The van der Waals surface area contributed by atoms with Crippen LogP contribution >= 0.6 is 0 Å². The summed E-state index contributed by atoms with van der Waals surface area (Å²) < 4.78 is 0. The van der Waals surface area contributed by atoms with Crippen LogP contribution in [0.3, 0.4) is 0 Å². The molecule has 0 aliphatic carbocycles. The van der Waals surface area contributed by atoms with E-state index in [9.17, 15) is 4.79 Å². The number of hydrogen-bond acceptors (Lipinski definition) is 1. The van der Waals surface area contributed by atoms with Crippen LogP contribution in [0, 0.1) is 11.3 Å². The average molecular weight is 156 g/mol. The van der Waals surface area contributed by atoms with Crippen molar-refractivity contribution in [1.29, 1.82) is 0 Å². The molecule has 0 aromatic heterocycles. The van der Waals surface area contributed by atoms with Crippen molar-refractivity contribution in [1.82, 2.24) is 0 Å². The van der Waals surface area contributed by atoms with Gasteiger partial charge >= 0.3 is 0 Å². The lowest BCUT2D eigenvalue weighted by Crippen LogP contribution is -2.18. The SMILES string of the molecule is CCC(C)(CC)CC(C)C=O. The van der Waals surface area contributed by atoms with Gasteiger partial charge in [0.1, 0.15) is 6.29 Å². The number of hydrogen-bond donors (Lipinski definition) is 0. The van der Waals surface area contributed by atoms with Gasteiger partial charge in [-0.2, -0.15) is 0 Å². The summed E-state index contributed by atoms with van der Waals surface area (Å²) in [7, 11) is 0. The van der Waals surface area contributed by atoms with E-state index >= 15 is 0 Å². The molecule has 0 heterocycles. The van der Waals surface area contributed by atoms with E-state index in [1.165, 1.54) is 12.8 Å². The Kier molecular flexibility index (Phi) is 4.39. The molecule has 1 heteroatoms. The molecule has 0 amide bonds. The molecule has 11 heavy (non-hydrogen) atoms. The molecular weight excluding hydrogens is 136 g/mol. The van der Waals surface area contributed by atoms with E-state index in [0.717, 1.165) is 12.7 Å². The Bertz CT molecular complexity index is 114. The van der Waals surface area contributed by atoms with Crippen LogP contribution in [-0.4, -0.2) is 6.29 Å². The summed E-state index contributed by atoms with van der Waals surface area (Å²) in [4.78, 5) is 10.4. The highest BCUT2D eigenvalue weighted by atomic mass is 16.1. The summed E-state index contributed by atoms with van der Waals surface area (Å²) in [6, 6.07) is 0. The molecule has 0 saturated carbocycles. The van der Waals surface area contributed by atoms with E-state index in [0.29, 0.717) is 5.41 Å². The minimum atomic E-state index is 0.222. The molecule has 0 fully saturated rings. The Balaban J connectivity index is 3.95. The van der Waals surface area contributed by atoms with Gasteiger partial charge in [-0.1, -0.05) is 40.5 Å². The highest BCUT2D eigenvalue weighted by Gasteiger charge is 2.21. The number of aldehydes is 1. The Morgan fingerprint density at radius 3 is 2.09 bits per heavy atom. The van der Waals surface area contributed by atoms with Gasteiger partial charge in [0.25, 0.3) is 0 Å². The highest BCUT2D eigenvalue weighted by molar-refractivity contribution is 5.52. The molecule has 0 spiro atoms. The van der Waals surface area contributed by atoms with Crippen LogP contribution in [0.2, 0.25) is 0 Å². The normalized spacial score (nSPS) is 14.5. The molecule has 0 saturated heterocycles. The first kappa shape index (κ1) is 10.7. The third-order valence-corrected chi connectivity index (χ3v) is 2.75. The first-order chi connectivity index (χ1) is 5.08. The summed E-state index contributed by atoms with van der Waals surface area (Å²) in [6.07, 6.45) is 4.43. The fraction of sp³-hybridized carbons (Fsp3) is 0.900. The molecule has 0 aromatic carbocycles. The zero-order valence-electron chi connectivity index (χ0n) is 8.18. The minimum absolute atomic E-state index is 0.222. The van der Waals surface area contributed by atoms with Crippen molar-refractivity contribution in [3.05, 3.63) is 0 Å². The molecule has 0 aromatic rings. The second-order valence-electron chi connectivity index (χ2n) is 3.84. The Morgan fingerprint density at radius 1 is 1.36 bits per heavy atom. The molecule has 0 aliphatic rings. The molecular formula is C10H20O. The van der Waals surface area contributed by atoms with Gasteiger partial charge in [-0.3, -0.25) is 0 Å². The molecule has 0 bridgehead atoms. The fourth-order valence-electron chi connectivity index (χ4n) is 1.36. The van der Waals surface area contributed by atoms with Crippen molar-refractivity contribution >= 4 is 6.29 Å². The molecule has 0 N–H and O–H groups in total. The molecule has 1 nitrogen and oxygen atoms in total. The van der Waals surface area contributed by atoms with Crippen LogP contribution in [0.5, 0.6) is 0 Å². The Morgan fingerprint density at radius 2 is 1.82 bits per heavy atom. The van der Waals surface area contributed by atoms with Gasteiger partial charge in [0.15, 0.2) is 0 Å². The maximum atomic E-state index is 10.4. The van der Waals surface area contributed by atoms with Crippen molar-refractivity contribution in [2.24, 2.45) is 11.3 Å². The van der Waals surface area contributed by atoms with Gasteiger partial charge in [0, 0.05) is 5.92 Å². The zero-order valence-corrected chi connectivity index (χ0v) is 8.18. The van der Waals surface area contributed by atoms with Crippen LogP contribution < -0.4 is 0 Å². The van der Waals surface area contributed by atoms with Crippen molar-refractivity contribution < 1.29 is 4.79 Å². The number of carbonyl (C=O) groups excluding carboxylic acids is 1. The standard InChI is InChI=1S/C10H20O/c1-5-10(4,6-2)7-9(3)8-11/h8-9H,5-7H2,1-4H3. The molecule has 0 aliphatic heterocycles. The second-order valence-corrected chi connectivity index (χ2v) is 3.84. The Labute approximate surface area is 70.2 Å². The van der Waals surface area contributed by atoms with E-state index in [4.69, 9.17) is 0 Å². The molecule has 0 radical (unpaired) electrons. The molecule has 0 rings (SSSR count). The van der Waals surface area contributed by atoms with Crippen molar-refractivity contribution in [3.63, 3.8) is 0 Å². The van der Waals surface area contributed by atoms with Crippen LogP contribution in [0.15, 0.2) is 0 Å². The largest absolute Gasteiger partial charge is 0.303 e. The molecule has 1 unspecified atom stereocenters. The van der Waals surface area contributed by atoms with E-state index < -0.39 is 0 Å². The maximum Gasteiger partial charge on any atom is 0.122 e. The quantitative estimate of drug-likeness (QED) is 0.559. The fourth-order valence-corrected chi connectivity index (χ4v) is 1.36. The average Bonchev–Trinajstić information content (AvgIpc) is 2.04. The predicted octanol–water partition coefficient (Wildman–Crippen LogP) is 3.04. The third kappa shape index (κ3) is 3.54. The second kappa shape index (κ2) is 4.53. The van der Waals surface area contributed by atoms with E-state index in [2.05, 4.69) is 20.8 Å². The van der Waals surface area contributed by atoms with Gasteiger partial charge < -0.3 is 4.79 Å². The zero-order chi connectivity index (χ0) is 8.91. The topological polar surface area (TPSA) is 17.1 Å². The Hall–Kier alpha value is -0.330. The van der Waals surface area contributed by atoms with Crippen LogP contribution in [0.4, 0.5) is 0 Å². The highest BCUT2D eigenvalue weighted by Crippen LogP contribution is 2.32. The van der Waals surface area contributed by atoms with Gasteiger partial charge in [-0.15, -0.1) is 0 Å². The first-order valence-corrected chi connectivity index (χ1v) is 4.53. The first-order valence-electron chi connectivity index (χ1n) is 4.53. The molecule has 1 atom stereocenters. The van der Waals surface area contributed by atoms with Crippen LogP contribution in [-0.2, 0) is 4.79 Å². The van der Waals surface area contributed by atoms with Crippen LogP contribution in [0.25, 0.3) is 0 Å². The summed E-state index contributed by atoms with van der Waals surface area (Å²) in [6.45, 7) is 8.64. The van der Waals surface area contributed by atoms with Gasteiger partial charge in [-0.25, -0.2) is 0 Å². The monoisotopic (exact) mass is 156 g/mol. The lowest BCUT2D eigenvalue weighted by Gasteiger charge is -2.27. The predicted molar refractivity (Wildman–Crippen MR) is 48.5 cm³/mol. The van der Waals surface area contributed by atoms with E-state index in [-0.39, 0.29) is 5.92 Å². The molecule has 66 valence electrons. The minimum Gasteiger partial charge on any atom is -0.303 e. The van der Waals surface area contributed by atoms with Gasteiger partial charge in [0.2, 0.25) is 0 Å². The van der Waals surface area contributed by atoms with Crippen molar-refractivity contribution in [2.45, 2.75) is 47.0 Å². The number of carbonyl (C=O) groups is 1. The van der Waals surface area contributed by atoms with E-state index in [1.54, 1.807) is 0 Å². The van der Waals surface area contributed by atoms with Crippen molar-refractivity contribution in [2.75, 3.05) is 0 Å². The van der Waals surface area contributed by atoms with Crippen molar-refractivity contribution in [3.8, 4) is 0 Å². The lowest BCUT2D eigenvalue weighted by molar-refractivity contribution is -0.111. The lowest BCUT2D eigenvalue weighted by atomic mass is 9.77. The van der Waals surface area contributed by atoms with Gasteiger partial charge in [0.05, 0.1) is 0 Å². The maximum absolute atomic E-state index is 10.4. The third-order valence-electron chi connectivity index (χ3n) is 2.75. The summed E-state index contributed by atoms with van der Waals surface area (Å²) in [5.74, 6) is 0.222. The summed E-state index contributed by atoms with van der Waals surface area (Å²) in [5, 5.41) is 0. The van der Waals surface area contributed by atoms with Crippen LogP contribution in [0.1, 0.15) is 47.0 Å². The van der Waals surface area contributed by atoms with Gasteiger partial charge in [-0.05, 0) is 11.8 Å².